The van der Waals surface area contributed by atoms with E-state index in [9.17, 15) is 4.79 Å². The van der Waals surface area contributed by atoms with Gasteiger partial charge in [-0.2, -0.15) is 0 Å². The van der Waals surface area contributed by atoms with Gasteiger partial charge in [-0.25, -0.2) is 0 Å². The van der Waals surface area contributed by atoms with Crippen molar-refractivity contribution in [3.63, 3.8) is 0 Å². The molecule has 0 spiro atoms. The number of anilines is 1. The van der Waals surface area contributed by atoms with Crippen molar-refractivity contribution in [2.75, 3.05) is 11.9 Å². The SMILES string of the molecule is CCc1cc(Br)ccc1NC(=O)CCCCO. The summed E-state index contributed by atoms with van der Waals surface area (Å²) in [6, 6.07) is 5.85. The van der Waals surface area contributed by atoms with Gasteiger partial charge in [-0.05, 0) is 43.0 Å². The van der Waals surface area contributed by atoms with Crippen LogP contribution < -0.4 is 5.32 Å². The molecule has 17 heavy (non-hydrogen) atoms. The number of aliphatic hydroxyl groups excluding tert-OH is 1. The summed E-state index contributed by atoms with van der Waals surface area (Å²) in [6.45, 7) is 2.20. The number of hydrogen-bond donors (Lipinski definition) is 2. The van der Waals surface area contributed by atoms with Crippen LogP contribution in [0, 0.1) is 0 Å². The number of aliphatic hydroxyl groups is 1. The van der Waals surface area contributed by atoms with Crippen LogP contribution in [0.2, 0.25) is 0 Å². The average Bonchev–Trinajstić information content (AvgIpc) is 2.32. The molecule has 0 saturated heterocycles. The number of aryl methyl sites for hydroxylation is 1. The Morgan fingerprint density at radius 3 is 2.82 bits per heavy atom. The lowest BCUT2D eigenvalue weighted by molar-refractivity contribution is -0.116. The van der Waals surface area contributed by atoms with Crippen LogP contribution in [-0.2, 0) is 11.2 Å². The summed E-state index contributed by atoms with van der Waals surface area (Å²) in [4.78, 5) is 11.6. The van der Waals surface area contributed by atoms with Gasteiger partial charge in [0.15, 0.2) is 0 Å². The number of hydrogen-bond acceptors (Lipinski definition) is 2. The van der Waals surface area contributed by atoms with E-state index in [1.54, 1.807) is 0 Å². The highest BCUT2D eigenvalue weighted by Crippen LogP contribution is 2.21. The maximum absolute atomic E-state index is 11.6. The van der Waals surface area contributed by atoms with Gasteiger partial charge in [-0.3, -0.25) is 4.79 Å². The first-order valence-corrected chi connectivity index (χ1v) is 6.65. The highest BCUT2D eigenvalue weighted by Gasteiger charge is 2.06. The number of rotatable bonds is 6. The molecule has 0 aromatic heterocycles. The molecule has 94 valence electrons. The topological polar surface area (TPSA) is 49.3 Å². The van der Waals surface area contributed by atoms with Gasteiger partial charge in [-0.15, -0.1) is 0 Å². The van der Waals surface area contributed by atoms with Crippen molar-refractivity contribution in [1.29, 1.82) is 0 Å². The predicted octanol–water partition coefficient (Wildman–Crippen LogP) is 3.11. The van der Waals surface area contributed by atoms with Crippen molar-refractivity contribution in [2.45, 2.75) is 32.6 Å². The summed E-state index contributed by atoms with van der Waals surface area (Å²) < 4.78 is 1.02. The van der Waals surface area contributed by atoms with E-state index >= 15 is 0 Å². The molecule has 0 radical (unpaired) electrons. The van der Waals surface area contributed by atoms with Crippen LogP contribution in [0.25, 0.3) is 0 Å². The number of unbranched alkanes of at least 4 members (excludes halogenated alkanes) is 1. The average molecular weight is 300 g/mol. The fourth-order valence-electron chi connectivity index (χ4n) is 1.59. The first-order valence-electron chi connectivity index (χ1n) is 5.86. The molecular weight excluding hydrogens is 282 g/mol. The van der Waals surface area contributed by atoms with Crippen LogP contribution in [0.3, 0.4) is 0 Å². The monoisotopic (exact) mass is 299 g/mol. The van der Waals surface area contributed by atoms with Crippen molar-refractivity contribution in [2.24, 2.45) is 0 Å². The number of benzene rings is 1. The number of amides is 1. The maximum Gasteiger partial charge on any atom is 0.224 e. The van der Waals surface area contributed by atoms with Crippen molar-refractivity contribution in [1.82, 2.24) is 0 Å². The fraction of sp³-hybridized carbons (Fsp3) is 0.462. The van der Waals surface area contributed by atoms with Gasteiger partial charge >= 0.3 is 0 Å². The minimum atomic E-state index is 0.00970. The smallest absolute Gasteiger partial charge is 0.224 e. The van der Waals surface area contributed by atoms with Gasteiger partial charge in [-0.1, -0.05) is 22.9 Å². The third kappa shape index (κ3) is 4.88. The molecule has 2 N–H and O–H groups in total. The summed E-state index contributed by atoms with van der Waals surface area (Å²) in [5, 5.41) is 11.6. The number of halogens is 1. The van der Waals surface area contributed by atoms with Gasteiger partial charge in [0.05, 0.1) is 0 Å². The van der Waals surface area contributed by atoms with Crippen molar-refractivity contribution in [3.8, 4) is 0 Å². The van der Waals surface area contributed by atoms with Gasteiger partial charge in [0, 0.05) is 23.2 Å². The minimum absolute atomic E-state index is 0.00970. The molecule has 0 unspecified atom stereocenters. The Morgan fingerprint density at radius 1 is 1.41 bits per heavy atom. The summed E-state index contributed by atoms with van der Waals surface area (Å²) >= 11 is 3.41. The van der Waals surface area contributed by atoms with E-state index < -0.39 is 0 Å². The van der Waals surface area contributed by atoms with Crippen molar-refractivity contribution >= 4 is 27.5 Å². The number of nitrogens with one attached hydrogen (secondary N) is 1. The number of carbonyl (C=O) groups is 1. The lowest BCUT2D eigenvalue weighted by Gasteiger charge is -2.10. The second-order valence-corrected chi connectivity index (χ2v) is 4.80. The molecule has 0 fully saturated rings. The second-order valence-electron chi connectivity index (χ2n) is 3.88. The highest BCUT2D eigenvalue weighted by molar-refractivity contribution is 9.10. The lowest BCUT2D eigenvalue weighted by Crippen LogP contribution is -2.12. The zero-order valence-electron chi connectivity index (χ0n) is 10.0. The van der Waals surface area contributed by atoms with E-state index in [4.69, 9.17) is 5.11 Å². The van der Waals surface area contributed by atoms with E-state index in [2.05, 4.69) is 28.2 Å². The highest BCUT2D eigenvalue weighted by atomic mass is 79.9. The lowest BCUT2D eigenvalue weighted by atomic mass is 10.1. The van der Waals surface area contributed by atoms with Crippen LogP contribution in [-0.4, -0.2) is 17.6 Å². The number of carbonyl (C=O) groups excluding carboxylic acids is 1. The van der Waals surface area contributed by atoms with Crippen LogP contribution in [0.5, 0.6) is 0 Å². The normalized spacial score (nSPS) is 10.3. The third-order valence-corrected chi connectivity index (χ3v) is 3.03. The summed E-state index contributed by atoms with van der Waals surface area (Å²) in [5.74, 6) is 0.00970. The van der Waals surface area contributed by atoms with Crippen LogP contribution in [0.1, 0.15) is 31.7 Å². The Balaban J connectivity index is 2.58. The molecule has 0 atom stereocenters. The van der Waals surface area contributed by atoms with E-state index in [1.165, 1.54) is 0 Å². The predicted molar refractivity (Wildman–Crippen MR) is 73.1 cm³/mol. The third-order valence-electron chi connectivity index (χ3n) is 2.53. The quantitative estimate of drug-likeness (QED) is 0.793. The summed E-state index contributed by atoms with van der Waals surface area (Å²) in [6.07, 6.45) is 2.74. The van der Waals surface area contributed by atoms with E-state index in [0.717, 1.165) is 28.6 Å². The molecule has 3 nitrogen and oxygen atoms in total. The molecule has 1 aromatic carbocycles. The van der Waals surface area contributed by atoms with E-state index in [1.807, 2.05) is 18.2 Å². The molecule has 0 heterocycles. The summed E-state index contributed by atoms with van der Waals surface area (Å²) in [7, 11) is 0. The molecule has 0 saturated carbocycles. The van der Waals surface area contributed by atoms with Gasteiger partial charge in [0.2, 0.25) is 5.91 Å². The Morgan fingerprint density at radius 2 is 2.18 bits per heavy atom. The van der Waals surface area contributed by atoms with Crippen LogP contribution in [0.4, 0.5) is 5.69 Å². The Hall–Kier alpha value is -0.870. The second kappa shape index (κ2) is 7.45. The molecule has 0 aliphatic heterocycles. The molecule has 1 amide bonds. The molecule has 0 aliphatic carbocycles. The minimum Gasteiger partial charge on any atom is -0.396 e. The van der Waals surface area contributed by atoms with Gasteiger partial charge in [0.1, 0.15) is 0 Å². The largest absolute Gasteiger partial charge is 0.396 e. The first-order chi connectivity index (χ1) is 8.17. The summed E-state index contributed by atoms with van der Waals surface area (Å²) in [5.41, 5.74) is 2.00. The standard InChI is InChI=1S/C13H18BrNO2/c1-2-10-9-11(14)6-7-12(10)15-13(17)5-3-4-8-16/h6-7,9,16H,2-5,8H2,1H3,(H,15,17). The van der Waals surface area contributed by atoms with Crippen molar-refractivity contribution < 1.29 is 9.90 Å². The van der Waals surface area contributed by atoms with E-state index in [0.29, 0.717) is 12.8 Å². The fourth-order valence-corrected chi connectivity index (χ4v) is 2.00. The van der Waals surface area contributed by atoms with Crippen LogP contribution >= 0.6 is 15.9 Å². The van der Waals surface area contributed by atoms with E-state index in [-0.39, 0.29) is 12.5 Å². The molecule has 4 heteroatoms. The first kappa shape index (κ1) is 14.2. The Kier molecular flexibility index (Phi) is 6.22. The Labute approximate surface area is 110 Å². The zero-order chi connectivity index (χ0) is 12.7. The maximum atomic E-state index is 11.6. The van der Waals surface area contributed by atoms with Gasteiger partial charge < -0.3 is 10.4 Å². The molecule has 0 bridgehead atoms. The van der Waals surface area contributed by atoms with Gasteiger partial charge in [0.25, 0.3) is 0 Å². The molecule has 1 aromatic rings. The Bertz CT molecular complexity index is 380. The van der Waals surface area contributed by atoms with Crippen molar-refractivity contribution in [3.05, 3.63) is 28.2 Å². The van der Waals surface area contributed by atoms with Crippen LogP contribution in [0.15, 0.2) is 22.7 Å². The molecule has 1 rings (SSSR count). The zero-order valence-corrected chi connectivity index (χ0v) is 11.6. The molecular formula is C13H18BrNO2. The molecule has 0 aliphatic rings.